The lowest BCUT2D eigenvalue weighted by molar-refractivity contribution is -0.0121. The lowest BCUT2D eigenvalue weighted by Crippen LogP contribution is -2.41. The Bertz CT molecular complexity index is 408. The highest BCUT2D eigenvalue weighted by atomic mass is 16.5. The number of hydrogen-bond acceptors (Lipinski definition) is 3. The molecule has 1 saturated heterocycles. The average Bonchev–Trinajstić information content (AvgIpc) is 2.84. The second-order valence-corrected chi connectivity index (χ2v) is 5.99. The molecule has 1 aliphatic rings. The van der Waals surface area contributed by atoms with Crippen LogP contribution in [0.2, 0.25) is 0 Å². The fourth-order valence-corrected chi connectivity index (χ4v) is 2.93. The van der Waals surface area contributed by atoms with E-state index in [0.717, 1.165) is 31.7 Å². The Hall–Kier alpha value is -1.06. The van der Waals surface area contributed by atoms with Crippen LogP contribution in [0.25, 0.3) is 0 Å². The predicted octanol–water partition coefficient (Wildman–Crippen LogP) is 3.69. The second kappa shape index (κ2) is 6.59. The summed E-state index contributed by atoms with van der Waals surface area (Å²) in [6.07, 6.45) is 2.46. The Morgan fingerprint density at radius 3 is 2.50 bits per heavy atom. The van der Waals surface area contributed by atoms with Gasteiger partial charge < -0.3 is 14.8 Å². The first-order chi connectivity index (χ1) is 9.55. The smallest absolute Gasteiger partial charge is 0.119 e. The van der Waals surface area contributed by atoms with Crippen LogP contribution in [-0.4, -0.2) is 24.9 Å². The number of benzene rings is 1. The van der Waals surface area contributed by atoms with Crippen molar-refractivity contribution < 1.29 is 9.47 Å². The molecule has 2 rings (SSSR count). The third kappa shape index (κ3) is 3.53. The molecule has 1 N–H and O–H groups in total. The van der Waals surface area contributed by atoms with E-state index in [9.17, 15) is 0 Å². The summed E-state index contributed by atoms with van der Waals surface area (Å²) in [5.74, 6) is 0.927. The van der Waals surface area contributed by atoms with Crippen molar-refractivity contribution in [1.29, 1.82) is 0 Å². The monoisotopic (exact) mass is 277 g/mol. The maximum absolute atomic E-state index is 6.01. The van der Waals surface area contributed by atoms with Gasteiger partial charge in [-0.05, 0) is 57.9 Å². The summed E-state index contributed by atoms with van der Waals surface area (Å²) in [6, 6.07) is 8.65. The molecule has 3 nitrogen and oxygen atoms in total. The standard InChI is InChI=1S/C17H27NO2/c1-5-18-16(17(4)11-6-12-19-17)14-7-9-15(10-8-14)20-13(2)3/h7-10,13,16,18H,5-6,11-12H2,1-4H3. The molecule has 1 aromatic carbocycles. The van der Waals surface area contributed by atoms with Crippen molar-refractivity contribution in [3.63, 3.8) is 0 Å². The van der Waals surface area contributed by atoms with Gasteiger partial charge in [0.05, 0.1) is 17.7 Å². The molecule has 1 aromatic rings. The van der Waals surface area contributed by atoms with Gasteiger partial charge in [0.1, 0.15) is 5.75 Å². The molecule has 1 aliphatic heterocycles. The molecule has 112 valence electrons. The molecule has 0 aromatic heterocycles. The van der Waals surface area contributed by atoms with Crippen LogP contribution in [0.4, 0.5) is 0 Å². The largest absolute Gasteiger partial charge is 0.491 e. The van der Waals surface area contributed by atoms with Crippen molar-refractivity contribution in [2.75, 3.05) is 13.2 Å². The molecule has 2 atom stereocenters. The van der Waals surface area contributed by atoms with Crippen LogP contribution in [0.15, 0.2) is 24.3 Å². The molecule has 20 heavy (non-hydrogen) atoms. The lowest BCUT2D eigenvalue weighted by atomic mass is 9.87. The van der Waals surface area contributed by atoms with E-state index in [1.165, 1.54) is 5.56 Å². The Balaban J connectivity index is 2.16. The van der Waals surface area contributed by atoms with Gasteiger partial charge in [0.15, 0.2) is 0 Å². The number of rotatable bonds is 6. The van der Waals surface area contributed by atoms with Gasteiger partial charge in [0, 0.05) is 6.61 Å². The number of nitrogens with one attached hydrogen (secondary N) is 1. The molecule has 0 saturated carbocycles. The fourth-order valence-electron chi connectivity index (χ4n) is 2.93. The molecular formula is C17H27NO2. The molecule has 0 aliphatic carbocycles. The maximum Gasteiger partial charge on any atom is 0.119 e. The fraction of sp³-hybridized carbons (Fsp3) is 0.647. The third-order valence-electron chi connectivity index (χ3n) is 3.85. The van der Waals surface area contributed by atoms with E-state index in [4.69, 9.17) is 9.47 Å². The minimum absolute atomic E-state index is 0.101. The van der Waals surface area contributed by atoms with E-state index in [0.29, 0.717) is 0 Å². The normalized spacial score (nSPS) is 24.1. The molecule has 0 amide bonds. The highest BCUT2D eigenvalue weighted by Crippen LogP contribution is 2.37. The Labute approximate surface area is 122 Å². The van der Waals surface area contributed by atoms with E-state index < -0.39 is 0 Å². The molecule has 2 unspecified atom stereocenters. The van der Waals surface area contributed by atoms with Crippen molar-refractivity contribution in [2.24, 2.45) is 0 Å². The summed E-state index contributed by atoms with van der Waals surface area (Å²) < 4.78 is 11.7. The topological polar surface area (TPSA) is 30.5 Å². The molecule has 0 spiro atoms. The highest BCUT2D eigenvalue weighted by molar-refractivity contribution is 5.31. The summed E-state index contributed by atoms with van der Waals surface area (Å²) >= 11 is 0. The van der Waals surface area contributed by atoms with Gasteiger partial charge in [-0.15, -0.1) is 0 Å². The van der Waals surface area contributed by atoms with Gasteiger partial charge in [0.25, 0.3) is 0 Å². The summed E-state index contributed by atoms with van der Waals surface area (Å²) in [5, 5.41) is 3.58. The van der Waals surface area contributed by atoms with Gasteiger partial charge in [-0.25, -0.2) is 0 Å². The summed E-state index contributed by atoms with van der Waals surface area (Å²) in [5.41, 5.74) is 1.17. The third-order valence-corrected chi connectivity index (χ3v) is 3.85. The number of hydrogen-bond donors (Lipinski definition) is 1. The molecule has 0 radical (unpaired) electrons. The van der Waals surface area contributed by atoms with Gasteiger partial charge in [-0.2, -0.15) is 0 Å². The lowest BCUT2D eigenvalue weighted by Gasteiger charge is -2.34. The van der Waals surface area contributed by atoms with Crippen LogP contribution in [0.5, 0.6) is 5.75 Å². The second-order valence-electron chi connectivity index (χ2n) is 5.99. The van der Waals surface area contributed by atoms with Gasteiger partial charge in [-0.1, -0.05) is 19.1 Å². The molecule has 1 fully saturated rings. The zero-order valence-electron chi connectivity index (χ0n) is 13.1. The van der Waals surface area contributed by atoms with E-state index >= 15 is 0 Å². The van der Waals surface area contributed by atoms with E-state index in [2.05, 4.69) is 43.4 Å². The first-order valence-electron chi connectivity index (χ1n) is 7.69. The number of ether oxygens (including phenoxy) is 2. The first-order valence-corrected chi connectivity index (χ1v) is 7.69. The van der Waals surface area contributed by atoms with Gasteiger partial charge >= 0.3 is 0 Å². The van der Waals surface area contributed by atoms with E-state index in [-0.39, 0.29) is 17.7 Å². The molecule has 1 heterocycles. The van der Waals surface area contributed by atoms with Crippen molar-refractivity contribution in [1.82, 2.24) is 5.32 Å². The molecular weight excluding hydrogens is 250 g/mol. The number of likely N-dealkylation sites (N-methyl/N-ethyl adjacent to an activating group) is 1. The quantitative estimate of drug-likeness (QED) is 0.860. The van der Waals surface area contributed by atoms with Gasteiger partial charge in [0.2, 0.25) is 0 Å². The molecule has 0 bridgehead atoms. The van der Waals surface area contributed by atoms with E-state index in [1.807, 2.05) is 13.8 Å². The van der Waals surface area contributed by atoms with Crippen LogP contribution in [0.1, 0.15) is 52.1 Å². The predicted molar refractivity (Wildman–Crippen MR) is 82.2 cm³/mol. The Kier molecular flexibility index (Phi) is 5.06. The van der Waals surface area contributed by atoms with Gasteiger partial charge in [-0.3, -0.25) is 0 Å². The van der Waals surface area contributed by atoms with Crippen molar-refractivity contribution in [2.45, 2.75) is 58.3 Å². The van der Waals surface area contributed by atoms with Crippen LogP contribution in [0.3, 0.4) is 0 Å². The maximum atomic E-state index is 6.01. The SMILES string of the molecule is CCNC(c1ccc(OC(C)C)cc1)C1(C)CCCO1. The van der Waals surface area contributed by atoms with Crippen molar-refractivity contribution in [3.8, 4) is 5.75 Å². The summed E-state index contributed by atoms with van der Waals surface area (Å²) in [4.78, 5) is 0. The van der Waals surface area contributed by atoms with Crippen LogP contribution in [-0.2, 0) is 4.74 Å². The van der Waals surface area contributed by atoms with Crippen molar-refractivity contribution >= 4 is 0 Å². The minimum Gasteiger partial charge on any atom is -0.491 e. The summed E-state index contributed by atoms with van der Waals surface area (Å²) in [6.45, 7) is 10.2. The molecule has 3 heteroatoms. The zero-order chi connectivity index (χ0) is 14.6. The Morgan fingerprint density at radius 2 is 2.00 bits per heavy atom. The van der Waals surface area contributed by atoms with Crippen LogP contribution in [0, 0.1) is 0 Å². The van der Waals surface area contributed by atoms with Crippen LogP contribution >= 0.6 is 0 Å². The Morgan fingerprint density at radius 1 is 1.30 bits per heavy atom. The van der Waals surface area contributed by atoms with E-state index in [1.54, 1.807) is 0 Å². The van der Waals surface area contributed by atoms with Crippen LogP contribution < -0.4 is 10.1 Å². The average molecular weight is 277 g/mol. The summed E-state index contributed by atoms with van der Waals surface area (Å²) in [7, 11) is 0. The first kappa shape index (κ1) is 15.3. The minimum atomic E-state index is -0.101. The van der Waals surface area contributed by atoms with Crippen molar-refractivity contribution in [3.05, 3.63) is 29.8 Å². The highest BCUT2D eigenvalue weighted by Gasteiger charge is 2.38. The zero-order valence-corrected chi connectivity index (χ0v) is 13.1.